The van der Waals surface area contributed by atoms with Gasteiger partial charge in [0.25, 0.3) is 5.56 Å². The summed E-state index contributed by atoms with van der Waals surface area (Å²) in [5.74, 6) is 0.624. The topological polar surface area (TPSA) is 60.7 Å². The molecule has 3 heterocycles. The fourth-order valence-electron chi connectivity index (χ4n) is 3.10. The van der Waals surface area contributed by atoms with Gasteiger partial charge in [-0.3, -0.25) is 14.0 Å². The third-order valence-corrected chi connectivity index (χ3v) is 7.05. The van der Waals surface area contributed by atoms with Crippen molar-refractivity contribution in [1.82, 2.24) is 9.38 Å². The van der Waals surface area contributed by atoms with Crippen molar-refractivity contribution in [3.63, 3.8) is 0 Å². The van der Waals surface area contributed by atoms with Gasteiger partial charge >= 0.3 is 0 Å². The third kappa shape index (κ3) is 2.96. The molecule has 0 unspecified atom stereocenters. The molecule has 0 aliphatic carbocycles. The summed E-state index contributed by atoms with van der Waals surface area (Å²) in [6.07, 6.45) is 3.29. The lowest BCUT2D eigenvalue weighted by Crippen LogP contribution is -2.15. The molecule has 0 saturated carbocycles. The van der Waals surface area contributed by atoms with Crippen LogP contribution in [0.1, 0.15) is 31.4 Å². The van der Waals surface area contributed by atoms with Crippen LogP contribution in [0.4, 0.5) is 0 Å². The van der Waals surface area contributed by atoms with Crippen LogP contribution in [0.2, 0.25) is 0 Å². The van der Waals surface area contributed by atoms with E-state index in [9.17, 15) is 9.59 Å². The minimum absolute atomic E-state index is 0.103. The van der Waals surface area contributed by atoms with Crippen molar-refractivity contribution < 1.29 is 9.53 Å². The number of carbonyl (C=O) groups is 1. The second kappa shape index (κ2) is 7.00. The van der Waals surface area contributed by atoms with Gasteiger partial charge in [-0.15, -0.1) is 11.3 Å². The molecule has 0 bridgehead atoms. The highest BCUT2D eigenvalue weighted by molar-refractivity contribution is 7.20. The van der Waals surface area contributed by atoms with Crippen LogP contribution in [0.15, 0.2) is 35.1 Å². The average molecular weight is 411 g/mol. The summed E-state index contributed by atoms with van der Waals surface area (Å²) in [4.78, 5) is 33.3. The molecule has 5 nitrogen and oxygen atoms in total. The molecule has 0 amide bonds. The molecule has 142 valence electrons. The molecule has 0 N–H and O–H groups in total. The van der Waals surface area contributed by atoms with Crippen molar-refractivity contribution in [2.45, 2.75) is 20.8 Å². The number of ether oxygens (including phenoxy) is 1. The number of allylic oxidation sites excluding steroid dienone is 1. The Morgan fingerprint density at radius 1 is 1.14 bits per heavy atom. The van der Waals surface area contributed by atoms with Crippen LogP contribution < -0.4 is 10.3 Å². The van der Waals surface area contributed by atoms with Crippen molar-refractivity contribution in [3.8, 4) is 5.75 Å². The Hall–Kier alpha value is -2.77. The monoisotopic (exact) mass is 410 g/mol. The van der Waals surface area contributed by atoms with E-state index in [1.807, 2.05) is 38.1 Å². The Bertz CT molecular complexity index is 1310. The zero-order valence-corrected chi connectivity index (χ0v) is 17.5. The summed E-state index contributed by atoms with van der Waals surface area (Å²) in [6, 6.07) is 7.45. The van der Waals surface area contributed by atoms with E-state index in [1.165, 1.54) is 28.7 Å². The molecule has 7 heteroatoms. The summed E-state index contributed by atoms with van der Waals surface area (Å²) >= 11 is 2.77. The Labute approximate surface area is 169 Å². The molecule has 28 heavy (non-hydrogen) atoms. The highest BCUT2D eigenvalue weighted by Gasteiger charge is 2.20. The number of methoxy groups -OCH3 is 1. The third-order valence-electron chi connectivity index (χ3n) is 4.80. The van der Waals surface area contributed by atoms with Crippen LogP contribution in [0.5, 0.6) is 5.75 Å². The van der Waals surface area contributed by atoms with E-state index >= 15 is 0 Å². The van der Waals surface area contributed by atoms with E-state index in [4.69, 9.17) is 4.74 Å². The molecule has 0 radical (unpaired) electrons. The molecule has 0 fully saturated rings. The standard InChI is InChI=1S/C21H18N2O3S2/c1-11-13(3)27-19-17(11)20(25)23-12(2)18(28-21(23)22-19)16(24)10-7-14-5-8-15(26-4)9-6-14/h5-10H,1-4H3/b10-7+. The minimum Gasteiger partial charge on any atom is -0.497 e. The first-order valence-corrected chi connectivity index (χ1v) is 10.3. The Morgan fingerprint density at radius 2 is 1.86 bits per heavy atom. The van der Waals surface area contributed by atoms with Crippen molar-refractivity contribution in [1.29, 1.82) is 0 Å². The van der Waals surface area contributed by atoms with Gasteiger partial charge in [-0.05, 0) is 50.1 Å². The van der Waals surface area contributed by atoms with Crippen LogP contribution in [-0.4, -0.2) is 22.3 Å². The van der Waals surface area contributed by atoms with E-state index in [1.54, 1.807) is 24.5 Å². The van der Waals surface area contributed by atoms with E-state index in [0.717, 1.165) is 26.6 Å². The zero-order valence-electron chi connectivity index (χ0n) is 15.9. The van der Waals surface area contributed by atoms with Crippen LogP contribution in [0.3, 0.4) is 0 Å². The summed E-state index contributed by atoms with van der Waals surface area (Å²) in [7, 11) is 1.61. The maximum absolute atomic E-state index is 13.0. The highest BCUT2D eigenvalue weighted by Crippen LogP contribution is 2.29. The summed E-state index contributed by atoms with van der Waals surface area (Å²) in [5, 5.41) is 0.647. The number of rotatable bonds is 4. The number of benzene rings is 1. The van der Waals surface area contributed by atoms with E-state index in [0.29, 0.717) is 20.9 Å². The van der Waals surface area contributed by atoms with Gasteiger partial charge in [0, 0.05) is 10.6 Å². The Morgan fingerprint density at radius 3 is 2.54 bits per heavy atom. The smallest absolute Gasteiger partial charge is 0.267 e. The van der Waals surface area contributed by atoms with Crippen molar-refractivity contribution in [3.05, 3.63) is 67.3 Å². The number of carbonyl (C=O) groups excluding carboxylic acids is 1. The van der Waals surface area contributed by atoms with Gasteiger partial charge in [0.2, 0.25) is 0 Å². The maximum Gasteiger partial charge on any atom is 0.267 e. The fraction of sp³-hybridized carbons (Fsp3) is 0.190. The molecule has 4 rings (SSSR count). The van der Waals surface area contributed by atoms with Gasteiger partial charge < -0.3 is 4.74 Å². The molecule has 0 atom stereocenters. The lowest BCUT2D eigenvalue weighted by atomic mass is 10.1. The van der Waals surface area contributed by atoms with Crippen molar-refractivity contribution in [2.75, 3.05) is 7.11 Å². The maximum atomic E-state index is 13.0. The van der Waals surface area contributed by atoms with Crippen LogP contribution in [-0.2, 0) is 0 Å². The highest BCUT2D eigenvalue weighted by atomic mass is 32.1. The molecule has 3 aromatic heterocycles. The quantitative estimate of drug-likeness (QED) is 0.358. The normalized spacial score (nSPS) is 11.7. The van der Waals surface area contributed by atoms with Crippen molar-refractivity contribution in [2.24, 2.45) is 0 Å². The molecule has 0 spiro atoms. The lowest BCUT2D eigenvalue weighted by Gasteiger charge is -1.99. The second-order valence-electron chi connectivity index (χ2n) is 6.49. The van der Waals surface area contributed by atoms with Gasteiger partial charge in [-0.25, -0.2) is 4.98 Å². The number of fused-ring (bicyclic) bond motifs is 2. The summed E-state index contributed by atoms with van der Waals surface area (Å²) in [5.41, 5.74) is 2.39. The van der Waals surface area contributed by atoms with Crippen molar-refractivity contribution >= 4 is 49.7 Å². The van der Waals surface area contributed by atoms with Gasteiger partial charge in [-0.2, -0.15) is 0 Å². The predicted octanol–water partition coefficient (Wildman–Crippen LogP) is 4.80. The first-order chi connectivity index (χ1) is 13.4. The molecule has 0 aliphatic rings. The Balaban J connectivity index is 1.76. The average Bonchev–Trinajstić information content (AvgIpc) is 3.17. The molecule has 0 saturated heterocycles. The zero-order chi connectivity index (χ0) is 20.0. The fourth-order valence-corrected chi connectivity index (χ4v) is 5.21. The van der Waals surface area contributed by atoms with Crippen LogP contribution in [0.25, 0.3) is 21.3 Å². The lowest BCUT2D eigenvalue weighted by molar-refractivity contribution is 0.105. The largest absolute Gasteiger partial charge is 0.497 e. The first-order valence-electron chi connectivity index (χ1n) is 8.69. The molecular formula is C21H18N2O3S2. The number of hydrogen-bond donors (Lipinski definition) is 0. The first kappa shape index (κ1) is 18.6. The minimum atomic E-state index is -0.139. The number of aryl methyl sites for hydroxylation is 3. The molecular weight excluding hydrogens is 392 g/mol. The second-order valence-corrected chi connectivity index (χ2v) is 8.67. The summed E-state index contributed by atoms with van der Waals surface area (Å²) in [6.45, 7) is 5.72. The molecule has 0 aliphatic heterocycles. The number of hydrogen-bond acceptors (Lipinski definition) is 6. The summed E-state index contributed by atoms with van der Waals surface area (Å²) < 4.78 is 6.69. The Kier molecular flexibility index (Phi) is 4.64. The van der Waals surface area contributed by atoms with Crippen LogP contribution in [0, 0.1) is 20.8 Å². The van der Waals surface area contributed by atoms with Crippen LogP contribution >= 0.6 is 22.7 Å². The number of nitrogens with zero attached hydrogens (tertiary/aromatic N) is 2. The number of aromatic nitrogens is 2. The molecule has 1 aromatic carbocycles. The van der Waals surface area contributed by atoms with Gasteiger partial charge in [0.15, 0.2) is 10.7 Å². The number of thiazole rings is 1. The van der Waals surface area contributed by atoms with Gasteiger partial charge in [0.05, 0.1) is 17.4 Å². The van der Waals surface area contributed by atoms with E-state index in [-0.39, 0.29) is 11.3 Å². The van der Waals surface area contributed by atoms with Gasteiger partial charge in [-0.1, -0.05) is 29.5 Å². The van der Waals surface area contributed by atoms with E-state index in [2.05, 4.69) is 4.98 Å². The SMILES string of the molecule is COc1ccc(/C=C/C(=O)c2sc3nc4sc(C)c(C)c4c(=O)n3c2C)cc1. The van der Waals surface area contributed by atoms with Gasteiger partial charge in [0.1, 0.15) is 10.6 Å². The number of thiophene rings is 1. The predicted molar refractivity (Wildman–Crippen MR) is 115 cm³/mol. The number of ketones is 1. The van der Waals surface area contributed by atoms with E-state index < -0.39 is 0 Å². The molecule has 4 aromatic rings.